The number of aryl methyl sites for hydroxylation is 1. The van der Waals surface area contributed by atoms with E-state index in [0.717, 1.165) is 31.4 Å². The fourth-order valence-electron chi connectivity index (χ4n) is 3.46. The number of aromatic nitrogens is 2. The number of likely N-dealkylation sites (N-methyl/N-ethyl adjacent to an activating group) is 1. The molecule has 6 heteroatoms. The van der Waals surface area contributed by atoms with Crippen LogP contribution in [0.1, 0.15) is 50.2 Å². The number of rotatable bonds is 5. The van der Waals surface area contributed by atoms with Gasteiger partial charge >= 0.3 is 0 Å². The molecule has 1 saturated carbocycles. The Labute approximate surface area is 148 Å². The molecule has 0 bridgehead atoms. The number of nitrogens with one attached hydrogen (secondary N) is 1. The van der Waals surface area contributed by atoms with Crippen molar-refractivity contribution in [3.8, 4) is 0 Å². The molecule has 1 aromatic heterocycles. The second-order valence-corrected chi connectivity index (χ2v) is 6.78. The molecule has 25 heavy (non-hydrogen) atoms. The maximum absolute atomic E-state index is 12.6. The van der Waals surface area contributed by atoms with Gasteiger partial charge < -0.3 is 9.42 Å². The molecule has 1 N–H and O–H groups in total. The zero-order valence-corrected chi connectivity index (χ0v) is 15.0. The molecular formula is C19H26N4O2. The summed E-state index contributed by atoms with van der Waals surface area (Å²) in [6, 6.07) is 9.67. The number of amides is 1. The van der Waals surface area contributed by atoms with E-state index in [-0.39, 0.29) is 18.0 Å². The lowest BCUT2D eigenvalue weighted by Gasteiger charge is -2.31. The molecule has 3 rings (SSSR count). The number of anilines is 1. The van der Waals surface area contributed by atoms with Crippen molar-refractivity contribution < 1.29 is 9.32 Å². The van der Waals surface area contributed by atoms with E-state index in [0.29, 0.717) is 11.7 Å². The highest BCUT2D eigenvalue weighted by Crippen LogP contribution is 2.34. The topological polar surface area (TPSA) is 71.3 Å². The fourth-order valence-corrected chi connectivity index (χ4v) is 3.46. The number of hydrogen-bond acceptors (Lipinski definition) is 5. The van der Waals surface area contributed by atoms with Crippen LogP contribution in [0.3, 0.4) is 0 Å². The molecule has 134 valence electrons. The van der Waals surface area contributed by atoms with E-state index in [1.807, 2.05) is 30.3 Å². The zero-order chi connectivity index (χ0) is 17.7. The fraction of sp³-hybridized carbons (Fsp3) is 0.526. The summed E-state index contributed by atoms with van der Waals surface area (Å²) in [5.41, 5.74) is 0.515. The van der Waals surface area contributed by atoms with Gasteiger partial charge in [0.15, 0.2) is 5.82 Å². The van der Waals surface area contributed by atoms with Crippen LogP contribution in [0.25, 0.3) is 0 Å². The molecule has 1 aromatic carbocycles. The predicted octanol–water partition coefficient (Wildman–Crippen LogP) is 3.18. The van der Waals surface area contributed by atoms with E-state index in [2.05, 4.69) is 15.5 Å². The van der Waals surface area contributed by atoms with Crippen molar-refractivity contribution in [2.75, 3.05) is 18.5 Å². The van der Waals surface area contributed by atoms with Gasteiger partial charge in [-0.3, -0.25) is 10.1 Å². The zero-order valence-electron chi connectivity index (χ0n) is 15.0. The molecule has 1 amide bonds. The number of benzene rings is 1. The summed E-state index contributed by atoms with van der Waals surface area (Å²) in [5.74, 6) is 1.27. The largest absolute Gasteiger partial charge is 0.340 e. The van der Waals surface area contributed by atoms with Crippen molar-refractivity contribution in [2.24, 2.45) is 0 Å². The lowest BCUT2D eigenvalue weighted by molar-refractivity contribution is -0.118. The lowest BCUT2D eigenvalue weighted by atomic mass is 9.89. The summed E-state index contributed by atoms with van der Waals surface area (Å²) in [5, 5.41) is 7.64. The van der Waals surface area contributed by atoms with Gasteiger partial charge in [-0.05, 0) is 25.0 Å². The normalized spacial score (nSPS) is 17.0. The molecule has 1 fully saturated rings. The number of carbonyl (C=O) groups excluding carboxylic acids is 1. The first-order chi connectivity index (χ1) is 12.1. The number of carbonyl (C=O) groups is 1. The molecule has 0 unspecified atom stereocenters. The Morgan fingerprint density at radius 2 is 1.88 bits per heavy atom. The van der Waals surface area contributed by atoms with Crippen LogP contribution in [0.5, 0.6) is 0 Å². The third-order valence-corrected chi connectivity index (χ3v) is 5.01. The van der Waals surface area contributed by atoms with Gasteiger partial charge in [0.25, 0.3) is 0 Å². The quantitative estimate of drug-likeness (QED) is 0.845. The Balaban J connectivity index is 1.73. The Morgan fingerprint density at radius 3 is 2.48 bits per heavy atom. The van der Waals surface area contributed by atoms with Gasteiger partial charge in [0.05, 0.1) is 12.1 Å². The first-order valence-corrected chi connectivity index (χ1v) is 8.98. The third-order valence-electron chi connectivity index (χ3n) is 5.01. The van der Waals surface area contributed by atoms with E-state index in [4.69, 9.17) is 4.52 Å². The summed E-state index contributed by atoms with van der Waals surface area (Å²) in [6.45, 7) is 2.05. The highest BCUT2D eigenvalue weighted by Gasteiger charge is 2.37. The van der Waals surface area contributed by atoms with Crippen molar-refractivity contribution in [1.29, 1.82) is 0 Å². The van der Waals surface area contributed by atoms with Crippen LogP contribution in [0.15, 0.2) is 34.9 Å². The summed E-state index contributed by atoms with van der Waals surface area (Å²) in [4.78, 5) is 18.8. The molecule has 0 aliphatic heterocycles. The highest BCUT2D eigenvalue weighted by molar-refractivity contribution is 5.94. The van der Waals surface area contributed by atoms with Crippen LogP contribution in [0.2, 0.25) is 0 Å². The lowest BCUT2D eigenvalue weighted by Crippen LogP contribution is -2.48. The monoisotopic (exact) mass is 342 g/mol. The molecule has 6 nitrogen and oxygen atoms in total. The van der Waals surface area contributed by atoms with Gasteiger partial charge in [-0.2, -0.15) is 4.98 Å². The molecule has 2 aromatic rings. The van der Waals surface area contributed by atoms with Crippen LogP contribution in [0, 0.1) is 6.92 Å². The summed E-state index contributed by atoms with van der Waals surface area (Å²) in [7, 11) is 1.80. The van der Waals surface area contributed by atoms with Crippen molar-refractivity contribution in [2.45, 2.75) is 51.0 Å². The Morgan fingerprint density at radius 1 is 1.20 bits per heavy atom. The van der Waals surface area contributed by atoms with E-state index in [9.17, 15) is 4.79 Å². The minimum absolute atomic E-state index is 0.0232. The van der Waals surface area contributed by atoms with Gasteiger partial charge in [-0.25, -0.2) is 0 Å². The number of nitrogens with zero attached hydrogens (tertiary/aromatic N) is 3. The molecule has 1 heterocycles. The Hall–Kier alpha value is -2.21. The smallest absolute Gasteiger partial charge is 0.240 e. The average molecular weight is 342 g/mol. The van der Waals surface area contributed by atoms with E-state index < -0.39 is 0 Å². The van der Waals surface area contributed by atoms with E-state index in [1.54, 1.807) is 18.9 Å². The molecule has 1 aliphatic rings. The van der Waals surface area contributed by atoms with Crippen LogP contribution >= 0.6 is 0 Å². The molecule has 1 aliphatic carbocycles. The molecule has 0 atom stereocenters. The van der Waals surface area contributed by atoms with Crippen molar-refractivity contribution in [3.05, 3.63) is 42.0 Å². The highest BCUT2D eigenvalue weighted by atomic mass is 16.5. The first-order valence-electron chi connectivity index (χ1n) is 8.98. The van der Waals surface area contributed by atoms with Crippen molar-refractivity contribution >= 4 is 11.6 Å². The summed E-state index contributed by atoms with van der Waals surface area (Å²) < 4.78 is 5.21. The average Bonchev–Trinajstić information content (AvgIpc) is 2.94. The van der Waals surface area contributed by atoms with Crippen LogP contribution < -0.4 is 10.2 Å². The van der Waals surface area contributed by atoms with Gasteiger partial charge in [0, 0.05) is 19.7 Å². The maximum Gasteiger partial charge on any atom is 0.240 e. The molecular weight excluding hydrogens is 316 g/mol. The third kappa shape index (κ3) is 4.07. The second kappa shape index (κ2) is 7.78. The van der Waals surface area contributed by atoms with Crippen LogP contribution in [-0.4, -0.2) is 29.6 Å². The SMILES string of the molecule is Cc1nc(C2(NCC(=O)N(C)c3ccccc3)CCCCCC2)no1. The first kappa shape index (κ1) is 17.6. The molecule has 0 saturated heterocycles. The minimum atomic E-state index is -0.374. The Kier molecular flexibility index (Phi) is 5.48. The van der Waals surface area contributed by atoms with Gasteiger partial charge in [-0.15, -0.1) is 0 Å². The van der Waals surface area contributed by atoms with Gasteiger partial charge in [-0.1, -0.05) is 49.0 Å². The van der Waals surface area contributed by atoms with Crippen molar-refractivity contribution in [3.63, 3.8) is 0 Å². The van der Waals surface area contributed by atoms with Gasteiger partial charge in [0.1, 0.15) is 0 Å². The van der Waals surface area contributed by atoms with Crippen molar-refractivity contribution in [1.82, 2.24) is 15.5 Å². The second-order valence-electron chi connectivity index (χ2n) is 6.78. The van der Waals surface area contributed by atoms with Crippen LogP contribution in [-0.2, 0) is 10.3 Å². The minimum Gasteiger partial charge on any atom is -0.340 e. The standard InChI is InChI=1S/C19H26N4O2/c1-15-21-18(22-25-15)19(12-8-3-4-9-13-19)20-14-17(24)23(2)16-10-6-5-7-11-16/h5-7,10-11,20H,3-4,8-9,12-14H2,1-2H3. The Bertz CT molecular complexity index is 690. The predicted molar refractivity (Wildman–Crippen MR) is 96.3 cm³/mol. The summed E-state index contributed by atoms with van der Waals surface area (Å²) in [6.07, 6.45) is 6.46. The number of hydrogen-bond donors (Lipinski definition) is 1. The summed E-state index contributed by atoms with van der Waals surface area (Å²) >= 11 is 0. The van der Waals surface area contributed by atoms with Gasteiger partial charge in [0.2, 0.25) is 11.8 Å². The van der Waals surface area contributed by atoms with E-state index in [1.165, 1.54) is 12.8 Å². The van der Waals surface area contributed by atoms with E-state index >= 15 is 0 Å². The molecule has 0 radical (unpaired) electrons. The van der Waals surface area contributed by atoms with Crippen LogP contribution in [0.4, 0.5) is 5.69 Å². The number of para-hydroxylation sites is 1. The maximum atomic E-state index is 12.6. The molecule has 0 spiro atoms.